The van der Waals surface area contributed by atoms with Gasteiger partial charge in [-0.05, 0) is 50.4 Å². The van der Waals surface area contributed by atoms with Crippen LogP contribution in [-0.2, 0) is 6.42 Å². The van der Waals surface area contributed by atoms with Gasteiger partial charge in [0.15, 0.2) is 5.69 Å². The molecule has 9 nitrogen and oxygen atoms in total. The number of hydrogen-bond donors (Lipinski definition) is 3. The van der Waals surface area contributed by atoms with E-state index in [9.17, 15) is 4.79 Å². The molecule has 1 aliphatic rings. The van der Waals surface area contributed by atoms with E-state index in [1.54, 1.807) is 32.4 Å². The molecule has 1 aliphatic carbocycles. The number of carboxylic acid groups (broad SMARTS) is 1. The zero-order chi connectivity index (χ0) is 24.8. The molecule has 0 radical (unpaired) electrons. The molecule has 0 aliphatic heterocycles. The number of aromatic carboxylic acids is 1. The molecule has 0 saturated heterocycles. The lowest BCUT2D eigenvalue weighted by atomic mass is 10.2. The highest BCUT2D eigenvalue weighted by Crippen LogP contribution is 2.30. The van der Waals surface area contributed by atoms with Crippen LogP contribution in [0.1, 0.15) is 34.2 Å². The zero-order valence-electron chi connectivity index (χ0n) is 20.0. The molecule has 0 unspecified atom stereocenters. The third kappa shape index (κ3) is 6.55. The Morgan fingerprint density at radius 1 is 1.20 bits per heavy atom. The van der Waals surface area contributed by atoms with Crippen molar-refractivity contribution in [2.75, 3.05) is 27.3 Å². The maximum Gasteiger partial charge on any atom is 0.356 e. The monoisotopic (exact) mass is 495 g/mol. The van der Waals surface area contributed by atoms with Crippen LogP contribution >= 0.6 is 11.3 Å². The number of hydrogen-bond acceptors (Lipinski definition) is 8. The van der Waals surface area contributed by atoms with Crippen molar-refractivity contribution in [3.63, 3.8) is 0 Å². The van der Waals surface area contributed by atoms with E-state index in [4.69, 9.17) is 14.6 Å². The standard InChI is InChI=1S/C14H19N3O.C11H10N2O3S/c1-18-11-4-5-12-13(8-11)17-14(16-12)6-7-15-9-10-2-3-10;1-6-13-9(11(14)15)10(17-6)7-3-4-8(16-2)12-5-7/h4-5,8,10,15H,2-3,6-7,9H2,1H3,(H,16,17);3-5H,1-2H3,(H,14,15). The second-order valence-electron chi connectivity index (χ2n) is 8.27. The summed E-state index contributed by atoms with van der Waals surface area (Å²) in [5, 5.41) is 13.2. The fourth-order valence-corrected chi connectivity index (χ4v) is 4.43. The molecule has 5 rings (SSSR count). The Morgan fingerprint density at radius 3 is 2.69 bits per heavy atom. The Hall–Kier alpha value is -3.50. The maximum absolute atomic E-state index is 11.0. The number of carbonyl (C=O) groups is 1. The first-order chi connectivity index (χ1) is 17.0. The number of thiazole rings is 1. The summed E-state index contributed by atoms with van der Waals surface area (Å²) in [7, 11) is 3.21. The topological polar surface area (TPSA) is 122 Å². The number of methoxy groups -OCH3 is 2. The molecule has 4 aromatic rings. The smallest absolute Gasteiger partial charge is 0.356 e. The predicted molar refractivity (Wildman–Crippen MR) is 136 cm³/mol. The number of fused-ring (bicyclic) bond motifs is 1. The van der Waals surface area contributed by atoms with Gasteiger partial charge in [-0.1, -0.05) is 0 Å². The normalized spacial score (nSPS) is 12.8. The Labute approximate surface area is 207 Å². The van der Waals surface area contributed by atoms with Gasteiger partial charge >= 0.3 is 5.97 Å². The lowest BCUT2D eigenvalue weighted by Gasteiger charge is -2.00. The van der Waals surface area contributed by atoms with Gasteiger partial charge in [-0.25, -0.2) is 19.7 Å². The van der Waals surface area contributed by atoms with Crippen LogP contribution < -0.4 is 14.8 Å². The summed E-state index contributed by atoms with van der Waals surface area (Å²) in [4.78, 5) is 27.6. The molecule has 0 bridgehead atoms. The molecule has 1 aromatic carbocycles. The van der Waals surface area contributed by atoms with Crippen molar-refractivity contribution in [2.24, 2.45) is 5.92 Å². The Kier molecular flexibility index (Phi) is 7.94. The predicted octanol–water partition coefficient (Wildman–Crippen LogP) is 4.33. The molecule has 0 amide bonds. The Bertz CT molecular complexity index is 1280. The van der Waals surface area contributed by atoms with E-state index in [1.165, 1.54) is 31.3 Å². The highest BCUT2D eigenvalue weighted by Gasteiger charge is 2.20. The lowest BCUT2D eigenvalue weighted by molar-refractivity contribution is 0.0692. The molecular weight excluding hydrogens is 466 g/mol. The third-order valence-electron chi connectivity index (χ3n) is 5.55. The van der Waals surface area contributed by atoms with Crippen LogP contribution in [0, 0.1) is 12.8 Å². The average molecular weight is 496 g/mol. The number of nitrogens with zero attached hydrogens (tertiary/aromatic N) is 3. The van der Waals surface area contributed by atoms with Crippen molar-refractivity contribution in [3.05, 3.63) is 53.1 Å². The number of nitrogens with one attached hydrogen (secondary N) is 2. The summed E-state index contributed by atoms with van der Waals surface area (Å²) < 4.78 is 10.2. The molecule has 1 saturated carbocycles. The minimum atomic E-state index is -1.03. The van der Waals surface area contributed by atoms with Gasteiger partial charge in [-0.15, -0.1) is 11.3 Å². The van der Waals surface area contributed by atoms with Crippen molar-refractivity contribution in [1.82, 2.24) is 25.3 Å². The van der Waals surface area contributed by atoms with Crippen molar-refractivity contribution >= 4 is 28.3 Å². The Morgan fingerprint density at radius 2 is 2.03 bits per heavy atom. The number of rotatable bonds is 9. The van der Waals surface area contributed by atoms with Gasteiger partial charge in [0.05, 0.1) is 35.1 Å². The van der Waals surface area contributed by atoms with Gasteiger partial charge in [0.1, 0.15) is 11.6 Å². The number of aryl methyl sites for hydroxylation is 1. The van der Waals surface area contributed by atoms with Gasteiger partial charge in [0.2, 0.25) is 5.88 Å². The molecule has 10 heteroatoms. The summed E-state index contributed by atoms with van der Waals surface area (Å²) in [5.41, 5.74) is 2.85. The van der Waals surface area contributed by atoms with E-state index in [-0.39, 0.29) is 5.69 Å². The maximum atomic E-state index is 11.0. The van der Waals surface area contributed by atoms with E-state index >= 15 is 0 Å². The largest absolute Gasteiger partial charge is 0.497 e. The fraction of sp³-hybridized carbons (Fsp3) is 0.360. The van der Waals surface area contributed by atoms with E-state index in [2.05, 4.69) is 25.3 Å². The first-order valence-corrected chi connectivity index (χ1v) is 12.2. The minimum absolute atomic E-state index is 0.0690. The number of benzene rings is 1. The summed E-state index contributed by atoms with van der Waals surface area (Å²) >= 11 is 1.34. The SMILES string of the molecule is COc1ccc(-c2sc(C)nc2C(=O)O)cn1.COc1ccc2nc(CCNCC3CC3)[nH]c2c1. The van der Waals surface area contributed by atoms with Crippen LogP contribution in [0.25, 0.3) is 21.5 Å². The van der Waals surface area contributed by atoms with Crippen molar-refractivity contribution in [1.29, 1.82) is 0 Å². The molecule has 0 spiro atoms. The number of imidazole rings is 1. The highest BCUT2D eigenvalue weighted by atomic mass is 32.1. The number of ether oxygens (including phenoxy) is 2. The van der Waals surface area contributed by atoms with E-state index in [1.807, 2.05) is 18.2 Å². The Balaban J connectivity index is 0.000000165. The minimum Gasteiger partial charge on any atom is -0.497 e. The van der Waals surface area contributed by atoms with Crippen LogP contribution in [0.15, 0.2) is 36.5 Å². The van der Waals surface area contributed by atoms with Crippen LogP contribution in [0.2, 0.25) is 0 Å². The number of aromatic amines is 1. The van der Waals surface area contributed by atoms with E-state index in [0.29, 0.717) is 15.8 Å². The summed E-state index contributed by atoms with van der Waals surface area (Å²) in [6.07, 6.45) is 5.33. The first kappa shape index (κ1) is 24.6. The molecular formula is C25H29N5O4S. The molecule has 3 N–H and O–H groups in total. The van der Waals surface area contributed by atoms with Gasteiger partial charge in [0, 0.05) is 36.9 Å². The fourth-order valence-electron chi connectivity index (χ4n) is 3.52. The molecule has 3 aromatic heterocycles. The number of aromatic nitrogens is 4. The van der Waals surface area contributed by atoms with Crippen molar-refractivity contribution in [2.45, 2.75) is 26.2 Å². The summed E-state index contributed by atoms with van der Waals surface area (Å²) in [5.74, 6) is 2.31. The van der Waals surface area contributed by atoms with E-state index in [0.717, 1.165) is 53.6 Å². The third-order valence-corrected chi connectivity index (χ3v) is 6.57. The molecule has 3 heterocycles. The van der Waals surface area contributed by atoms with Crippen LogP contribution in [0.5, 0.6) is 11.6 Å². The van der Waals surface area contributed by atoms with Crippen LogP contribution in [0.4, 0.5) is 0 Å². The van der Waals surface area contributed by atoms with Crippen molar-refractivity contribution < 1.29 is 19.4 Å². The number of H-pyrrole nitrogens is 1. The number of carboxylic acids is 1. The second kappa shape index (κ2) is 11.3. The van der Waals surface area contributed by atoms with Gasteiger partial charge in [-0.3, -0.25) is 0 Å². The first-order valence-electron chi connectivity index (χ1n) is 11.4. The van der Waals surface area contributed by atoms with Gasteiger partial charge in [-0.2, -0.15) is 0 Å². The van der Waals surface area contributed by atoms with Crippen LogP contribution in [-0.4, -0.2) is 58.3 Å². The van der Waals surface area contributed by atoms with Crippen LogP contribution in [0.3, 0.4) is 0 Å². The summed E-state index contributed by atoms with van der Waals surface area (Å²) in [6.45, 7) is 3.93. The molecule has 1 fully saturated rings. The van der Waals surface area contributed by atoms with Gasteiger partial charge < -0.3 is 24.9 Å². The lowest BCUT2D eigenvalue weighted by Crippen LogP contribution is -2.20. The van der Waals surface area contributed by atoms with Gasteiger partial charge in [0.25, 0.3) is 0 Å². The highest BCUT2D eigenvalue weighted by molar-refractivity contribution is 7.15. The molecule has 0 atom stereocenters. The average Bonchev–Trinajstić information content (AvgIpc) is 3.47. The van der Waals surface area contributed by atoms with E-state index < -0.39 is 5.97 Å². The number of pyridine rings is 1. The van der Waals surface area contributed by atoms with Crippen molar-refractivity contribution in [3.8, 4) is 22.1 Å². The molecule has 35 heavy (non-hydrogen) atoms. The zero-order valence-corrected chi connectivity index (χ0v) is 20.8. The molecule has 184 valence electrons. The quantitative estimate of drug-likeness (QED) is 0.293. The summed E-state index contributed by atoms with van der Waals surface area (Å²) in [6, 6.07) is 9.38. The second-order valence-corrected chi connectivity index (χ2v) is 9.47.